The van der Waals surface area contributed by atoms with E-state index in [1.54, 1.807) is 4.52 Å². The van der Waals surface area contributed by atoms with Crippen molar-refractivity contribution in [2.75, 3.05) is 31.6 Å². The summed E-state index contributed by atoms with van der Waals surface area (Å²) in [4.78, 5) is 24.4. The number of amides is 1. The minimum atomic E-state index is 0.160. The Morgan fingerprint density at radius 3 is 2.90 bits per heavy atom. The fraction of sp³-hybridized carbons (Fsp3) is 0.538. The second kappa shape index (κ2) is 5.07. The van der Waals surface area contributed by atoms with Crippen molar-refractivity contribution in [1.82, 2.24) is 24.5 Å². The van der Waals surface area contributed by atoms with Gasteiger partial charge in [-0.1, -0.05) is 0 Å². The lowest BCUT2D eigenvalue weighted by Crippen LogP contribution is -2.38. The molecular formula is C13H18N6O. The monoisotopic (exact) mass is 274 g/mol. The lowest BCUT2D eigenvalue weighted by molar-refractivity contribution is -0.128. The molecular weight excluding hydrogens is 256 g/mol. The van der Waals surface area contributed by atoms with E-state index in [0.29, 0.717) is 12.3 Å². The number of rotatable bonds is 3. The third-order valence-corrected chi connectivity index (χ3v) is 3.58. The van der Waals surface area contributed by atoms with Gasteiger partial charge >= 0.3 is 0 Å². The van der Waals surface area contributed by atoms with Gasteiger partial charge in [-0.2, -0.15) is 14.6 Å². The van der Waals surface area contributed by atoms with Crippen LogP contribution in [0.2, 0.25) is 0 Å². The SMILES string of the molecule is Cc1cc(N(C)CC(=O)N2CCCC2)n2ncnc2n1. The maximum Gasteiger partial charge on any atom is 0.254 e. The molecule has 7 nitrogen and oxygen atoms in total. The van der Waals surface area contributed by atoms with E-state index >= 15 is 0 Å². The molecule has 1 fully saturated rings. The van der Waals surface area contributed by atoms with Gasteiger partial charge in [0.15, 0.2) is 0 Å². The van der Waals surface area contributed by atoms with Gasteiger partial charge in [-0.05, 0) is 19.8 Å². The van der Waals surface area contributed by atoms with E-state index in [2.05, 4.69) is 15.1 Å². The summed E-state index contributed by atoms with van der Waals surface area (Å²) in [6.07, 6.45) is 3.69. The first-order chi connectivity index (χ1) is 9.65. The normalized spacial score (nSPS) is 15.0. The molecule has 0 unspecified atom stereocenters. The van der Waals surface area contributed by atoms with Crippen molar-refractivity contribution in [3.8, 4) is 0 Å². The van der Waals surface area contributed by atoms with Crippen molar-refractivity contribution in [2.45, 2.75) is 19.8 Å². The van der Waals surface area contributed by atoms with Gasteiger partial charge < -0.3 is 9.80 Å². The third kappa shape index (κ3) is 2.31. The van der Waals surface area contributed by atoms with E-state index in [1.165, 1.54) is 6.33 Å². The highest BCUT2D eigenvalue weighted by molar-refractivity contribution is 5.81. The zero-order valence-corrected chi connectivity index (χ0v) is 11.8. The highest BCUT2D eigenvalue weighted by atomic mass is 16.2. The van der Waals surface area contributed by atoms with Gasteiger partial charge in [0.2, 0.25) is 5.91 Å². The van der Waals surface area contributed by atoms with Crippen LogP contribution in [-0.4, -0.2) is 57.1 Å². The predicted octanol–water partition coefficient (Wildman–Crippen LogP) is 0.491. The van der Waals surface area contributed by atoms with Crippen molar-refractivity contribution in [3.05, 3.63) is 18.1 Å². The van der Waals surface area contributed by atoms with Crippen LogP contribution in [-0.2, 0) is 4.79 Å². The lowest BCUT2D eigenvalue weighted by atomic mass is 10.4. The molecule has 0 saturated carbocycles. The van der Waals surface area contributed by atoms with Crippen LogP contribution in [0.3, 0.4) is 0 Å². The summed E-state index contributed by atoms with van der Waals surface area (Å²) in [5.74, 6) is 1.55. The number of carbonyl (C=O) groups is 1. The van der Waals surface area contributed by atoms with Crippen molar-refractivity contribution < 1.29 is 4.79 Å². The Morgan fingerprint density at radius 2 is 2.15 bits per heavy atom. The average Bonchev–Trinajstić information content (AvgIpc) is 3.08. The molecule has 106 valence electrons. The van der Waals surface area contributed by atoms with Crippen LogP contribution in [0.1, 0.15) is 18.5 Å². The number of aromatic nitrogens is 4. The summed E-state index contributed by atoms with van der Waals surface area (Å²) in [5.41, 5.74) is 0.862. The number of likely N-dealkylation sites (tertiary alicyclic amines) is 1. The number of hydrogen-bond acceptors (Lipinski definition) is 5. The molecule has 1 aliphatic rings. The Hall–Kier alpha value is -2.18. The van der Waals surface area contributed by atoms with Crippen molar-refractivity contribution in [1.29, 1.82) is 0 Å². The molecule has 0 aliphatic carbocycles. The summed E-state index contributed by atoms with van der Waals surface area (Å²) < 4.78 is 1.66. The number of anilines is 1. The predicted molar refractivity (Wildman–Crippen MR) is 74.6 cm³/mol. The molecule has 1 amide bonds. The fourth-order valence-corrected chi connectivity index (χ4v) is 2.53. The number of hydrogen-bond donors (Lipinski definition) is 0. The molecule has 7 heteroatoms. The van der Waals surface area contributed by atoms with Gasteiger partial charge in [0.1, 0.15) is 12.1 Å². The molecule has 1 aliphatic heterocycles. The smallest absolute Gasteiger partial charge is 0.254 e. The van der Waals surface area contributed by atoms with Crippen LogP contribution in [0, 0.1) is 6.92 Å². The zero-order valence-electron chi connectivity index (χ0n) is 11.8. The molecule has 0 aromatic carbocycles. The summed E-state index contributed by atoms with van der Waals surface area (Å²) >= 11 is 0. The first kappa shape index (κ1) is 12.8. The van der Waals surface area contributed by atoms with Crippen LogP contribution in [0.25, 0.3) is 5.78 Å². The van der Waals surface area contributed by atoms with Gasteiger partial charge in [0.25, 0.3) is 5.78 Å². The summed E-state index contributed by atoms with van der Waals surface area (Å²) in [6.45, 7) is 4.01. The lowest BCUT2D eigenvalue weighted by Gasteiger charge is -2.23. The molecule has 3 rings (SSSR count). The Kier molecular flexibility index (Phi) is 3.25. The third-order valence-electron chi connectivity index (χ3n) is 3.58. The maximum atomic E-state index is 12.2. The molecule has 0 atom stereocenters. The summed E-state index contributed by atoms with van der Waals surface area (Å²) in [5, 5.41) is 4.16. The van der Waals surface area contributed by atoms with Crippen LogP contribution in [0.15, 0.2) is 12.4 Å². The molecule has 0 N–H and O–H groups in total. The maximum absolute atomic E-state index is 12.2. The van der Waals surface area contributed by atoms with Crippen molar-refractivity contribution >= 4 is 17.5 Å². The molecule has 3 heterocycles. The Labute approximate surface area is 117 Å². The molecule has 2 aromatic heterocycles. The first-order valence-corrected chi connectivity index (χ1v) is 6.81. The van der Waals surface area contributed by atoms with Crippen LogP contribution in [0.4, 0.5) is 5.82 Å². The van der Waals surface area contributed by atoms with Gasteiger partial charge in [-0.25, -0.2) is 4.98 Å². The summed E-state index contributed by atoms with van der Waals surface area (Å²) in [6, 6.07) is 1.92. The van der Waals surface area contributed by atoms with E-state index in [1.807, 2.05) is 29.8 Å². The highest BCUT2D eigenvalue weighted by Gasteiger charge is 2.20. The Morgan fingerprint density at radius 1 is 1.40 bits per heavy atom. The quantitative estimate of drug-likeness (QED) is 0.815. The van der Waals surface area contributed by atoms with Gasteiger partial charge in [0, 0.05) is 31.9 Å². The largest absolute Gasteiger partial charge is 0.350 e. The highest BCUT2D eigenvalue weighted by Crippen LogP contribution is 2.15. The minimum Gasteiger partial charge on any atom is -0.350 e. The number of likely N-dealkylation sites (N-methyl/N-ethyl adjacent to an activating group) is 1. The van der Waals surface area contributed by atoms with E-state index in [9.17, 15) is 4.79 Å². The van der Waals surface area contributed by atoms with E-state index < -0.39 is 0 Å². The number of aryl methyl sites for hydroxylation is 1. The second-order valence-corrected chi connectivity index (χ2v) is 5.17. The minimum absolute atomic E-state index is 0.160. The number of nitrogens with zero attached hydrogens (tertiary/aromatic N) is 6. The molecule has 0 spiro atoms. The van der Waals surface area contributed by atoms with Crippen molar-refractivity contribution in [2.24, 2.45) is 0 Å². The van der Waals surface area contributed by atoms with Gasteiger partial charge in [-0.3, -0.25) is 4.79 Å². The van der Waals surface area contributed by atoms with E-state index in [0.717, 1.165) is 37.4 Å². The Balaban J connectivity index is 1.82. The average molecular weight is 274 g/mol. The Bertz CT molecular complexity index is 631. The molecule has 2 aromatic rings. The van der Waals surface area contributed by atoms with Gasteiger partial charge in [-0.15, -0.1) is 0 Å². The zero-order chi connectivity index (χ0) is 14.1. The van der Waals surface area contributed by atoms with Crippen LogP contribution >= 0.6 is 0 Å². The van der Waals surface area contributed by atoms with Crippen LogP contribution < -0.4 is 4.90 Å². The number of fused-ring (bicyclic) bond motifs is 1. The molecule has 1 saturated heterocycles. The standard InChI is InChI=1S/C13H18N6O/c1-10-7-11(19-13(16-10)14-9-15-19)17(2)8-12(20)18-5-3-4-6-18/h7,9H,3-6,8H2,1-2H3. The first-order valence-electron chi connectivity index (χ1n) is 6.81. The van der Waals surface area contributed by atoms with Crippen LogP contribution in [0.5, 0.6) is 0 Å². The fourth-order valence-electron chi connectivity index (χ4n) is 2.53. The van der Waals surface area contributed by atoms with Crippen molar-refractivity contribution in [3.63, 3.8) is 0 Å². The summed E-state index contributed by atoms with van der Waals surface area (Å²) in [7, 11) is 1.89. The molecule has 0 radical (unpaired) electrons. The van der Waals surface area contributed by atoms with E-state index in [-0.39, 0.29) is 5.91 Å². The topological polar surface area (TPSA) is 66.6 Å². The molecule has 0 bridgehead atoms. The number of carbonyl (C=O) groups excluding carboxylic acids is 1. The second-order valence-electron chi connectivity index (χ2n) is 5.17. The van der Waals surface area contributed by atoms with Gasteiger partial charge in [0.05, 0.1) is 6.54 Å². The van der Waals surface area contributed by atoms with E-state index in [4.69, 9.17) is 0 Å². The molecule has 20 heavy (non-hydrogen) atoms.